The molecule has 1 amide bonds. The van der Waals surface area contributed by atoms with Crippen LogP contribution in [0.2, 0.25) is 5.02 Å². The van der Waals surface area contributed by atoms with E-state index < -0.39 is 22.5 Å². The minimum Gasteiger partial charge on any atom is -0.489 e. The van der Waals surface area contributed by atoms with Gasteiger partial charge in [0.25, 0.3) is 5.91 Å². The molecule has 4 aromatic rings. The van der Waals surface area contributed by atoms with E-state index in [0.717, 1.165) is 27.1 Å². The van der Waals surface area contributed by atoms with E-state index in [-0.39, 0.29) is 0 Å². The number of anilines is 1. The highest BCUT2D eigenvalue weighted by molar-refractivity contribution is 7.92. The quantitative estimate of drug-likeness (QED) is 0.233. The number of halogens is 1. The molecule has 0 aliphatic rings. The highest BCUT2D eigenvalue weighted by Crippen LogP contribution is 2.26. The van der Waals surface area contributed by atoms with Crippen molar-refractivity contribution in [1.29, 1.82) is 0 Å². The zero-order chi connectivity index (χ0) is 26.4. The maximum Gasteiger partial charge on any atom is 0.260 e. The van der Waals surface area contributed by atoms with E-state index in [4.69, 9.17) is 16.3 Å². The van der Waals surface area contributed by atoms with Crippen LogP contribution in [0.5, 0.6) is 5.75 Å². The number of amides is 1. The summed E-state index contributed by atoms with van der Waals surface area (Å²) in [6, 6.07) is 26.4. The Bertz CT molecular complexity index is 1550. The monoisotopic (exact) mass is 535 g/mol. The molecule has 0 spiro atoms. The minimum absolute atomic E-state index is 0.341. The Hall–Kier alpha value is -3.88. The molecule has 1 N–H and O–H groups in total. The summed E-state index contributed by atoms with van der Waals surface area (Å²) in [5, 5.41) is 6.65. The van der Waals surface area contributed by atoms with Crippen molar-refractivity contribution in [3.8, 4) is 5.75 Å². The number of nitrogens with zero attached hydrogens (tertiary/aromatic N) is 2. The summed E-state index contributed by atoms with van der Waals surface area (Å²) >= 11 is 6.03. The average molecular weight is 536 g/mol. The van der Waals surface area contributed by atoms with Crippen molar-refractivity contribution >= 4 is 50.2 Å². The molecular weight excluding hydrogens is 510 g/mol. The van der Waals surface area contributed by atoms with Gasteiger partial charge in [-0.2, -0.15) is 5.10 Å². The van der Waals surface area contributed by atoms with Crippen LogP contribution in [0.25, 0.3) is 10.8 Å². The zero-order valence-electron chi connectivity index (χ0n) is 20.4. The number of hydrogen-bond donors (Lipinski definition) is 1. The number of ether oxygens (including phenoxy) is 1. The minimum atomic E-state index is -3.72. The number of hydrogen-bond acceptors (Lipinski definition) is 5. The Balaban J connectivity index is 1.35. The number of aryl methyl sites for hydroxylation is 1. The molecular formula is C28H26ClN3O4S. The predicted molar refractivity (Wildman–Crippen MR) is 149 cm³/mol. The lowest BCUT2D eigenvalue weighted by Gasteiger charge is -2.23. The maximum atomic E-state index is 12.4. The Labute approximate surface area is 221 Å². The second-order valence-corrected chi connectivity index (χ2v) is 10.8. The Morgan fingerprint density at radius 2 is 1.76 bits per heavy atom. The fourth-order valence-electron chi connectivity index (χ4n) is 3.81. The van der Waals surface area contributed by atoms with Crippen LogP contribution < -0.4 is 14.5 Å². The molecule has 0 aliphatic heterocycles. The summed E-state index contributed by atoms with van der Waals surface area (Å²) < 4.78 is 31.6. The van der Waals surface area contributed by atoms with Crippen LogP contribution in [0.1, 0.15) is 16.7 Å². The first-order valence-electron chi connectivity index (χ1n) is 11.5. The van der Waals surface area contributed by atoms with Crippen LogP contribution in [-0.2, 0) is 21.4 Å². The van der Waals surface area contributed by atoms with Crippen LogP contribution >= 0.6 is 11.6 Å². The van der Waals surface area contributed by atoms with E-state index in [0.29, 0.717) is 28.6 Å². The fraction of sp³-hybridized carbons (Fsp3) is 0.143. The standard InChI is InChI=1S/C28H26ClN3O4S/c1-20-10-13-24(29)16-27(20)32(37(2,34)35)18-28(33)31-30-17-21-11-14-25(15-12-21)36-19-23-8-5-7-22-6-3-4-9-26(22)23/h3-17H,18-19H2,1-2H3,(H,31,33)/b30-17-. The van der Waals surface area contributed by atoms with Crippen LogP contribution in [-0.4, -0.2) is 33.3 Å². The summed E-state index contributed by atoms with van der Waals surface area (Å²) in [7, 11) is -3.72. The number of benzene rings is 4. The van der Waals surface area contributed by atoms with Gasteiger partial charge in [-0.25, -0.2) is 13.8 Å². The molecule has 9 heteroatoms. The number of fused-ring (bicyclic) bond motifs is 1. The number of sulfonamides is 1. The molecule has 4 aromatic carbocycles. The van der Waals surface area contributed by atoms with Crippen molar-refractivity contribution in [3.63, 3.8) is 0 Å². The summed E-state index contributed by atoms with van der Waals surface area (Å²) in [4.78, 5) is 12.4. The van der Waals surface area contributed by atoms with Gasteiger partial charge >= 0.3 is 0 Å². The van der Waals surface area contributed by atoms with Gasteiger partial charge in [0, 0.05) is 5.02 Å². The molecule has 0 saturated carbocycles. The SMILES string of the molecule is Cc1ccc(Cl)cc1N(CC(=O)N/N=C\c1ccc(OCc2cccc3ccccc23)cc1)S(C)(=O)=O. The first-order valence-corrected chi connectivity index (χ1v) is 13.7. The number of nitrogens with one attached hydrogen (secondary N) is 1. The largest absolute Gasteiger partial charge is 0.489 e. The van der Waals surface area contributed by atoms with Crippen molar-refractivity contribution in [2.24, 2.45) is 5.10 Å². The molecule has 0 fully saturated rings. The van der Waals surface area contributed by atoms with Gasteiger partial charge in [0.15, 0.2) is 0 Å². The van der Waals surface area contributed by atoms with Crippen LogP contribution in [0, 0.1) is 6.92 Å². The van der Waals surface area contributed by atoms with Gasteiger partial charge in [-0.15, -0.1) is 0 Å². The normalized spacial score (nSPS) is 11.5. The lowest BCUT2D eigenvalue weighted by molar-refractivity contribution is -0.119. The average Bonchev–Trinajstić information content (AvgIpc) is 2.87. The molecule has 4 rings (SSSR count). The molecule has 7 nitrogen and oxygen atoms in total. The molecule has 190 valence electrons. The van der Waals surface area contributed by atoms with Crippen molar-refractivity contribution in [1.82, 2.24) is 5.43 Å². The third-order valence-corrected chi connectivity index (χ3v) is 7.05. The topological polar surface area (TPSA) is 88.1 Å². The number of rotatable bonds is 9. The van der Waals surface area contributed by atoms with Crippen molar-refractivity contribution in [3.05, 3.63) is 107 Å². The predicted octanol–water partition coefficient (Wildman–Crippen LogP) is 5.30. The van der Waals surface area contributed by atoms with Crippen molar-refractivity contribution < 1.29 is 17.9 Å². The molecule has 0 aliphatic carbocycles. The molecule has 0 saturated heterocycles. The molecule has 0 aromatic heterocycles. The summed E-state index contributed by atoms with van der Waals surface area (Å²) in [5.41, 5.74) is 5.23. The molecule has 37 heavy (non-hydrogen) atoms. The Morgan fingerprint density at radius 3 is 2.51 bits per heavy atom. The van der Waals surface area contributed by atoms with Gasteiger partial charge in [-0.3, -0.25) is 9.10 Å². The van der Waals surface area contributed by atoms with Gasteiger partial charge in [0.05, 0.1) is 18.2 Å². The lowest BCUT2D eigenvalue weighted by atomic mass is 10.1. The third kappa shape index (κ3) is 6.87. The van der Waals surface area contributed by atoms with Crippen LogP contribution in [0.15, 0.2) is 90.0 Å². The van der Waals surface area contributed by atoms with Gasteiger partial charge in [-0.1, -0.05) is 60.1 Å². The second-order valence-electron chi connectivity index (χ2n) is 8.49. The van der Waals surface area contributed by atoms with E-state index in [1.54, 1.807) is 19.1 Å². The maximum absolute atomic E-state index is 12.4. The number of hydrazone groups is 1. The Morgan fingerprint density at radius 1 is 1.03 bits per heavy atom. The van der Waals surface area contributed by atoms with Crippen LogP contribution in [0.3, 0.4) is 0 Å². The second kappa shape index (κ2) is 11.5. The smallest absolute Gasteiger partial charge is 0.260 e. The lowest BCUT2D eigenvalue weighted by Crippen LogP contribution is -2.39. The molecule has 0 heterocycles. The number of carbonyl (C=O) groups excluding carboxylic acids is 1. The molecule has 0 unspecified atom stereocenters. The first-order chi connectivity index (χ1) is 17.7. The van der Waals surface area contributed by atoms with E-state index in [2.05, 4.69) is 28.7 Å². The van der Waals surface area contributed by atoms with Gasteiger partial charge in [-0.05, 0) is 70.8 Å². The van der Waals surface area contributed by atoms with Crippen molar-refractivity contribution in [2.75, 3.05) is 17.1 Å². The summed E-state index contributed by atoms with van der Waals surface area (Å²) in [6.45, 7) is 1.75. The van der Waals surface area contributed by atoms with Crippen molar-refractivity contribution in [2.45, 2.75) is 13.5 Å². The Kier molecular flexibility index (Phi) is 8.11. The van der Waals surface area contributed by atoms with E-state index in [1.807, 2.05) is 48.5 Å². The summed E-state index contributed by atoms with van der Waals surface area (Å²) in [6.07, 6.45) is 2.51. The molecule has 0 atom stereocenters. The van der Waals surface area contributed by atoms with Gasteiger partial charge in [0.1, 0.15) is 18.9 Å². The first kappa shape index (κ1) is 26.2. The zero-order valence-corrected chi connectivity index (χ0v) is 22.0. The molecule has 0 bridgehead atoms. The van der Waals surface area contributed by atoms with E-state index in [1.165, 1.54) is 17.7 Å². The van der Waals surface area contributed by atoms with Gasteiger partial charge in [0.2, 0.25) is 10.0 Å². The number of carbonyl (C=O) groups is 1. The van der Waals surface area contributed by atoms with E-state index in [9.17, 15) is 13.2 Å². The third-order valence-electron chi connectivity index (χ3n) is 5.68. The fourth-order valence-corrected chi connectivity index (χ4v) is 4.88. The van der Waals surface area contributed by atoms with Gasteiger partial charge < -0.3 is 4.74 Å². The summed E-state index contributed by atoms with van der Waals surface area (Å²) in [5.74, 6) is 0.117. The van der Waals surface area contributed by atoms with E-state index >= 15 is 0 Å². The highest BCUT2D eigenvalue weighted by Gasteiger charge is 2.22. The van der Waals surface area contributed by atoms with Crippen LogP contribution in [0.4, 0.5) is 5.69 Å². The molecule has 0 radical (unpaired) electrons. The highest BCUT2D eigenvalue weighted by atomic mass is 35.5.